The molecule has 118 valence electrons. The van der Waals surface area contributed by atoms with Crippen LogP contribution in [0.2, 0.25) is 0 Å². The van der Waals surface area contributed by atoms with Crippen molar-refractivity contribution in [3.63, 3.8) is 0 Å². The van der Waals surface area contributed by atoms with Crippen molar-refractivity contribution in [2.24, 2.45) is 5.14 Å². The first-order valence-electron chi connectivity index (χ1n) is 6.84. The molecule has 2 N–H and O–H groups in total. The second-order valence-electron chi connectivity index (χ2n) is 5.99. The Morgan fingerprint density at radius 3 is 2.24 bits per heavy atom. The number of rotatable bonds is 4. The van der Waals surface area contributed by atoms with E-state index in [1.54, 1.807) is 18.9 Å². The van der Waals surface area contributed by atoms with Crippen LogP contribution in [0.4, 0.5) is 0 Å². The van der Waals surface area contributed by atoms with Crippen LogP contribution in [0.3, 0.4) is 0 Å². The van der Waals surface area contributed by atoms with Crippen LogP contribution in [0, 0.1) is 13.8 Å². The molecule has 5 nitrogen and oxygen atoms in total. The molecular formula is C15H24N2O3S. The Morgan fingerprint density at radius 1 is 1.29 bits per heavy atom. The van der Waals surface area contributed by atoms with Crippen molar-refractivity contribution in [3.05, 3.63) is 28.8 Å². The van der Waals surface area contributed by atoms with E-state index in [4.69, 9.17) is 5.14 Å². The van der Waals surface area contributed by atoms with E-state index in [2.05, 4.69) is 0 Å². The summed E-state index contributed by atoms with van der Waals surface area (Å²) in [5.41, 5.74) is 1.57. The zero-order valence-electron chi connectivity index (χ0n) is 13.5. The minimum atomic E-state index is -3.84. The molecular weight excluding hydrogens is 288 g/mol. The lowest BCUT2D eigenvalue weighted by Gasteiger charge is -2.35. The highest BCUT2D eigenvalue weighted by atomic mass is 32.2. The van der Waals surface area contributed by atoms with Gasteiger partial charge in [-0.25, -0.2) is 13.6 Å². The standard InChI is InChI=1S/C15H24N2O3S/c1-7-15(4,5)17(6)14(18)13-9-12(21(16,19)20)8-10(2)11(13)3/h8-9H,7H2,1-6H3,(H2,16,19,20). The van der Waals surface area contributed by atoms with Crippen molar-refractivity contribution in [1.82, 2.24) is 4.90 Å². The van der Waals surface area contributed by atoms with Gasteiger partial charge in [0.1, 0.15) is 0 Å². The maximum atomic E-state index is 12.7. The fraction of sp³-hybridized carbons (Fsp3) is 0.533. The zero-order chi connectivity index (χ0) is 16.6. The van der Waals surface area contributed by atoms with Crippen molar-refractivity contribution >= 4 is 15.9 Å². The molecule has 0 spiro atoms. The lowest BCUT2D eigenvalue weighted by atomic mass is 9.96. The van der Waals surface area contributed by atoms with Crippen LogP contribution in [0.15, 0.2) is 17.0 Å². The van der Waals surface area contributed by atoms with Gasteiger partial charge in [-0.3, -0.25) is 4.79 Å². The molecule has 0 saturated heterocycles. The Kier molecular flexibility index (Phi) is 4.85. The van der Waals surface area contributed by atoms with Gasteiger partial charge in [0.2, 0.25) is 10.0 Å². The van der Waals surface area contributed by atoms with E-state index in [1.807, 2.05) is 27.7 Å². The molecule has 0 bridgehead atoms. The van der Waals surface area contributed by atoms with Crippen molar-refractivity contribution in [1.29, 1.82) is 0 Å². The fourth-order valence-electron chi connectivity index (χ4n) is 1.91. The molecule has 1 rings (SSSR count). The predicted molar refractivity (Wildman–Crippen MR) is 83.8 cm³/mol. The van der Waals surface area contributed by atoms with Gasteiger partial charge in [0, 0.05) is 18.2 Å². The number of amides is 1. The Morgan fingerprint density at radius 2 is 1.81 bits per heavy atom. The number of nitrogens with zero attached hydrogens (tertiary/aromatic N) is 1. The lowest BCUT2D eigenvalue weighted by molar-refractivity contribution is 0.0619. The molecule has 21 heavy (non-hydrogen) atoms. The van der Waals surface area contributed by atoms with Gasteiger partial charge in [-0.1, -0.05) is 6.92 Å². The van der Waals surface area contributed by atoms with Crippen LogP contribution < -0.4 is 5.14 Å². The summed E-state index contributed by atoms with van der Waals surface area (Å²) in [4.78, 5) is 14.3. The van der Waals surface area contributed by atoms with E-state index >= 15 is 0 Å². The van der Waals surface area contributed by atoms with Crippen LogP contribution in [0.5, 0.6) is 0 Å². The minimum absolute atomic E-state index is 0.0309. The Balaban J connectivity index is 3.43. The maximum absolute atomic E-state index is 12.7. The molecule has 0 radical (unpaired) electrons. The molecule has 0 fully saturated rings. The lowest BCUT2D eigenvalue weighted by Crippen LogP contribution is -2.44. The molecule has 0 unspecified atom stereocenters. The van der Waals surface area contributed by atoms with Gasteiger partial charge in [-0.15, -0.1) is 0 Å². The van der Waals surface area contributed by atoms with Crippen molar-refractivity contribution in [2.45, 2.75) is 51.5 Å². The minimum Gasteiger partial charge on any atom is -0.337 e. The highest BCUT2D eigenvalue weighted by Gasteiger charge is 2.28. The van der Waals surface area contributed by atoms with Gasteiger partial charge in [0.15, 0.2) is 0 Å². The van der Waals surface area contributed by atoms with E-state index < -0.39 is 10.0 Å². The molecule has 0 aliphatic carbocycles. The number of aryl methyl sites for hydroxylation is 1. The average Bonchev–Trinajstić information content (AvgIpc) is 2.38. The van der Waals surface area contributed by atoms with Gasteiger partial charge in [-0.05, 0) is 57.4 Å². The van der Waals surface area contributed by atoms with E-state index in [-0.39, 0.29) is 16.3 Å². The molecule has 0 aromatic heterocycles. The molecule has 6 heteroatoms. The first kappa shape index (κ1) is 17.7. The third-order valence-electron chi connectivity index (χ3n) is 4.28. The summed E-state index contributed by atoms with van der Waals surface area (Å²) in [6.07, 6.45) is 0.794. The number of nitrogens with two attached hydrogens (primary N) is 1. The molecule has 0 heterocycles. The largest absolute Gasteiger partial charge is 0.337 e. The van der Waals surface area contributed by atoms with Crippen molar-refractivity contribution in [2.75, 3.05) is 7.05 Å². The molecule has 0 saturated carbocycles. The molecule has 0 aliphatic rings. The monoisotopic (exact) mass is 312 g/mol. The Bertz CT molecular complexity index is 664. The SMILES string of the molecule is CCC(C)(C)N(C)C(=O)c1cc(S(N)(=O)=O)cc(C)c1C. The summed E-state index contributed by atoms with van der Waals surface area (Å²) in [5, 5.41) is 5.18. The smallest absolute Gasteiger partial charge is 0.254 e. The predicted octanol–water partition coefficient (Wildman–Crippen LogP) is 2.21. The first-order valence-corrected chi connectivity index (χ1v) is 8.38. The summed E-state index contributed by atoms with van der Waals surface area (Å²) in [7, 11) is -2.11. The topological polar surface area (TPSA) is 80.5 Å². The Hall–Kier alpha value is -1.40. The van der Waals surface area contributed by atoms with Gasteiger partial charge in [-0.2, -0.15) is 0 Å². The number of benzene rings is 1. The fourth-order valence-corrected chi connectivity index (χ4v) is 2.53. The van der Waals surface area contributed by atoms with Crippen LogP contribution >= 0.6 is 0 Å². The summed E-state index contributed by atoms with van der Waals surface area (Å²) in [6.45, 7) is 9.52. The van der Waals surface area contributed by atoms with E-state index in [0.717, 1.165) is 17.5 Å². The average molecular weight is 312 g/mol. The summed E-state index contributed by atoms with van der Waals surface area (Å²) < 4.78 is 23.1. The molecule has 1 amide bonds. The second-order valence-corrected chi connectivity index (χ2v) is 7.55. The molecule has 1 aromatic rings. The van der Waals surface area contributed by atoms with Crippen molar-refractivity contribution in [3.8, 4) is 0 Å². The zero-order valence-corrected chi connectivity index (χ0v) is 14.3. The number of primary sulfonamides is 1. The van der Waals surface area contributed by atoms with Crippen LogP contribution in [0.25, 0.3) is 0 Å². The van der Waals surface area contributed by atoms with E-state index in [0.29, 0.717) is 5.56 Å². The molecule has 0 atom stereocenters. The van der Waals surface area contributed by atoms with E-state index in [1.165, 1.54) is 12.1 Å². The first-order chi connectivity index (χ1) is 9.41. The maximum Gasteiger partial charge on any atom is 0.254 e. The number of carbonyl (C=O) groups excluding carboxylic acids is 1. The molecule has 1 aromatic carbocycles. The van der Waals surface area contributed by atoms with Crippen LogP contribution in [-0.2, 0) is 10.0 Å². The van der Waals surface area contributed by atoms with Gasteiger partial charge in [0.05, 0.1) is 4.90 Å². The van der Waals surface area contributed by atoms with Gasteiger partial charge >= 0.3 is 0 Å². The number of sulfonamides is 1. The summed E-state index contributed by atoms with van der Waals surface area (Å²) >= 11 is 0. The third kappa shape index (κ3) is 3.63. The number of hydrogen-bond donors (Lipinski definition) is 1. The third-order valence-corrected chi connectivity index (χ3v) is 5.17. The highest BCUT2D eigenvalue weighted by Crippen LogP contribution is 2.24. The van der Waals surface area contributed by atoms with Gasteiger partial charge < -0.3 is 4.90 Å². The second kappa shape index (κ2) is 5.77. The quantitative estimate of drug-likeness (QED) is 0.925. The summed E-state index contributed by atoms with van der Waals surface area (Å²) in [5.74, 6) is -0.201. The Labute approximate surface area is 127 Å². The van der Waals surface area contributed by atoms with Gasteiger partial charge in [0.25, 0.3) is 5.91 Å². The van der Waals surface area contributed by atoms with E-state index in [9.17, 15) is 13.2 Å². The number of hydrogen-bond acceptors (Lipinski definition) is 3. The van der Waals surface area contributed by atoms with Crippen LogP contribution in [-0.4, -0.2) is 31.8 Å². The van der Waals surface area contributed by atoms with Crippen molar-refractivity contribution < 1.29 is 13.2 Å². The number of carbonyl (C=O) groups is 1. The molecule has 0 aliphatic heterocycles. The normalized spacial score (nSPS) is 12.3. The van der Waals surface area contributed by atoms with Crippen LogP contribution in [0.1, 0.15) is 48.7 Å². The highest BCUT2D eigenvalue weighted by molar-refractivity contribution is 7.89. The summed E-state index contributed by atoms with van der Waals surface area (Å²) in [6, 6.07) is 2.86.